The number of benzene rings is 1. The van der Waals surface area contributed by atoms with Crippen molar-refractivity contribution in [2.75, 3.05) is 4.90 Å². The van der Waals surface area contributed by atoms with Crippen LogP contribution in [-0.4, -0.2) is 17.7 Å². The zero-order valence-electron chi connectivity index (χ0n) is 15.2. The molecule has 128 valence electrons. The van der Waals surface area contributed by atoms with E-state index in [-0.39, 0.29) is 12.1 Å². The predicted octanol–water partition coefficient (Wildman–Crippen LogP) is 5.64. The third-order valence-corrected chi connectivity index (χ3v) is 4.59. The fraction of sp³-hybridized carbons (Fsp3) is 0.650. The largest absolute Gasteiger partial charge is 0.443 e. The Morgan fingerprint density at radius 1 is 1.13 bits per heavy atom. The number of ether oxygens (including phenoxy) is 1. The van der Waals surface area contributed by atoms with Gasteiger partial charge in [-0.15, -0.1) is 0 Å². The van der Waals surface area contributed by atoms with Gasteiger partial charge in [0.05, 0.1) is 0 Å². The predicted molar refractivity (Wildman–Crippen MR) is 95.7 cm³/mol. The third kappa shape index (κ3) is 4.73. The number of rotatable bonds is 3. The molecule has 1 aromatic rings. The second-order valence-electron chi connectivity index (χ2n) is 7.95. The van der Waals surface area contributed by atoms with E-state index in [0.717, 1.165) is 12.1 Å². The van der Waals surface area contributed by atoms with Crippen molar-refractivity contribution in [3.05, 3.63) is 30.3 Å². The molecule has 0 bridgehead atoms. The molecule has 2 atom stereocenters. The minimum absolute atomic E-state index is 0.221. The van der Waals surface area contributed by atoms with E-state index in [2.05, 4.69) is 13.8 Å². The second kappa shape index (κ2) is 7.37. The molecule has 1 aromatic carbocycles. The summed E-state index contributed by atoms with van der Waals surface area (Å²) >= 11 is 0. The van der Waals surface area contributed by atoms with Gasteiger partial charge in [0.15, 0.2) is 0 Å². The number of amides is 1. The molecule has 0 N–H and O–H groups in total. The minimum Gasteiger partial charge on any atom is -0.443 e. The van der Waals surface area contributed by atoms with Crippen LogP contribution in [-0.2, 0) is 4.74 Å². The van der Waals surface area contributed by atoms with Crippen LogP contribution in [0.1, 0.15) is 60.3 Å². The normalized spacial score (nSPS) is 22.0. The fourth-order valence-electron chi connectivity index (χ4n) is 3.57. The molecule has 23 heavy (non-hydrogen) atoms. The molecular weight excluding hydrogens is 286 g/mol. The van der Waals surface area contributed by atoms with Gasteiger partial charge in [0.2, 0.25) is 0 Å². The van der Waals surface area contributed by atoms with Crippen molar-refractivity contribution in [3.8, 4) is 0 Å². The molecule has 0 radical (unpaired) electrons. The molecule has 2 rings (SSSR count). The van der Waals surface area contributed by atoms with E-state index in [1.54, 1.807) is 0 Å². The van der Waals surface area contributed by atoms with Crippen molar-refractivity contribution >= 4 is 11.8 Å². The van der Waals surface area contributed by atoms with Gasteiger partial charge in [-0.05, 0) is 57.6 Å². The van der Waals surface area contributed by atoms with Crippen molar-refractivity contribution in [1.82, 2.24) is 0 Å². The van der Waals surface area contributed by atoms with E-state index in [4.69, 9.17) is 4.74 Å². The Hall–Kier alpha value is -1.51. The summed E-state index contributed by atoms with van der Waals surface area (Å²) in [6, 6.07) is 10.2. The number of carbonyl (C=O) groups is 1. The van der Waals surface area contributed by atoms with Crippen molar-refractivity contribution in [2.24, 2.45) is 11.8 Å². The van der Waals surface area contributed by atoms with E-state index >= 15 is 0 Å². The van der Waals surface area contributed by atoms with Crippen LogP contribution in [0.15, 0.2) is 30.3 Å². The zero-order chi connectivity index (χ0) is 17.0. The summed E-state index contributed by atoms with van der Waals surface area (Å²) in [5.41, 5.74) is 0.464. The van der Waals surface area contributed by atoms with Gasteiger partial charge in [0.1, 0.15) is 5.60 Å². The van der Waals surface area contributed by atoms with Crippen LogP contribution in [0, 0.1) is 11.8 Å². The minimum atomic E-state index is -0.480. The first-order chi connectivity index (χ1) is 10.8. The summed E-state index contributed by atoms with van der Waals surface area (Å²) in [6.45, 7) is 10.3. The first-order valence-electron chi connectivity index (χ1n) is 8.87. The summed E-state index contributed by atoms with van der Waals surface area (Å²) < 4.78 is 5.72. The number of para-hydroxylation sites is 1. The van der Waals surface area contributed by atoms with Crippen LogP contribution in [0.5, 0.6) is 0 Å². The van der Waals surface area contributed by atoms with E-state index < -0.39 is 5.60 Å². The van der Waals surface area contributed by atoms with Crippen LogP contribution in [0.4, 0.5) is 10.5 Å². The molecule has 2 unspecified atom stereocenters. The number of hydrogen-bond donors (Lipinski definition) is 0. The lowest BCUT2D eigenvalue weighted by molar-refractivity contribution is 0.0532. The van der Waals surface area contributed by atoms with Gasteiger partial charge in [0, 0.05) is 11.7 Å². The van der Waals surface area contributed by atoms with Crippen molar-refractivity contribution in [2.45, 2.75) is 71.9 Å². The second-order valence-corrected chi connectivity index (χ2v) is 7.95. The monoisotopic (exact) mass is 317 g/mol. The highest BCUT2D eigenvalue weighted by Crippen LogP contribution is 2.36. The van der Waals surface area contributed by atoms with Crippen LogP contribution < -0.4 is 4.90 Å². The number of carbonyl (C=O) groups excluding carboxylic acids is 1. The van der Waals surface area contributed by atoms with E-state index in [1.807, 2.05) is 56.0 Å². The molecule has 1 fully saturated rings. The third-order valence-electron chi connectivity index (χ3n) is 4.59. The summed E-state index contributed by atoms with van der Waals surface area (Å²) in [4.78, 5) is 14.8. The number of nitrogens with zero attached hydrogens (tertiary/aromatic N) is 1. The van der Waals surface area contributed by atoms with Gasteiger partial charge < -0.3 is 4.74 Å². The maximum atomic E-state index is 12.9. The highest BCUT2D eigenvalue weighted by atomic mass is 16.6. The van der Waals surface area contributed by atoms with Crippen molar-refractivity contribution in [1.29, 1.82) is 0 Å². The topological polar surface area (TPSA) is 29.5 Å². The molecule has 0 spiro atoms. The van der Waals surface area contributed by atoms with Gasteiger partial charge in [-0.2, -0.15) is 0 Å². The zero-order valence-corrected chi connectivity index (χ0v) is 15.2. The van der Waals surface area contributed by atoms with E-state index in [9.17, 15) is 4.79 Å². The highest BCUT2D eigenvalue weighted by Gasteiger charge is 2.37. The number of anilines is 1. The number of hydrogen-bond acceptors (Lipinski definition) is 2. The quantitative estimate of drug-likeness (QED) is 0.721. The molecule has 3 nitrogen and oxygen atoms in total. The molecule has 1 saturated carbocycles. The van der Waals surface area contributed by atoms with E-state index in [1.165, 1.54) is 19.3 Å². The Bertz CT molecular complexity index is 504. The Kier molecular flexibility index (Phi) is 5.72. The van der Waals surface area contributed by atoms with Crippen LogP contribution >= 0.6 is 0 Å². The molecule has 0 saturated heterocycles. The lowest BCUT2D eigenvalue weighted by Gasteiger charge is -2.42. The average Bonchev–Trinajstić information content (AvgIpc) is 2.47. The molecule has 1 aliphatic rings. The smallest absolute Gasteiger partial charge is 0.415 e. The van der Waals surface area contributed by atoms with Crippen molar-refractivity contribution in [3.63, 3.8) is 0 Å². The first kappa shape index (κ1) is 17.8. The van der Waals surface area contributed by atoms with Crippen molar-refractivity contribution < 1.29 is 9.53 Å². The van der Waals surface area contributed by atoms with Crippen LogP contribution in [0.3, 0.4) is 0 Å². The molecule has 1 amide bonds. The lowest BCUT2D eigenvalue weighted by atomic mass is 9.77. The molecule has 0 heterocycles. The average molecular weight is 317 g/mol. The molecular formula is C20H31NO2. The molecule has 1 aliphatic carbocycles. The standard InChI is InChI=1S/C20H31NO2/c1-15(2)17-13-9-10-14-18(17)21(16-11-7-6-8-12-16)19(22)23-20(3,4)5/h6-8,11-12,15,17-18H,9-10,13-14H2,1-5H3. The maximum Gasteiger partial charge on any atom is 0.415 e. The Morgan fingerprint density at radius 3 is 2.30 bits per heavy atom. The van der Waals surface area contributed by atoms with Gasteiger partial charge in [-0.25, -0.2) is 4.79 Å². The molecule has 3 heteroatoms. The Morgan fingerprint density at radius 2 is 1.74 bits per heavy atom. The molecule has 0 aliphatic heterocycles. The Balaban J connectivity index is 2.34. The molecule has 0 aromatic heterocycles. The fourth-order valence-corrected chi connectivity index (χ4v) is 3.57. The van der Waals surface area contributed by atoms with Gasteiger partial charge in [-0.1, -0.05) is 44.9 Å². The van der Waals surface area contributed by atoms with E-state index in [0.29, 0.717) is 11.8 Å². The summed E-state index contributed by atoms with van der Waals surface area (Å²) in [5, 5.41) is 0. The van der Waals surface area contributed by atoms with Crippen LogP contribution in [0.25, 0.3) is 0 Å². The Labute approximate surface area is 141 Å². The maximum absolute atomic E-state index is 12.9. The lowest BCUT2D eigenvalue weighted by Crippen LogP contribution is -2.49. The summed E-state index contributed by atoms with van der Waals surface area (Å²) in [5.74, 6) is 1.09. The summed E-state index contributed by atoms with van der Waals surface area (Å²) in [7, 11) is 0. The van der Waals surface area contributed by atoms with Gasteiger partial charge in [-0.3, -0.25) is 4.90 Å². The SMILES string of the molecule is CC(C)C1CCCCC1N(C(=O)OC(C)(C)C)c1ccccc1. The summed E-state index contributed by atoms with van der Waals surface area (Å²) in [6.07, 6.45) is 4.46. The highest BCUT2D eigenvalue weighted by molar-refractivity contribution is 5.88. The first-order valence-corrected chi connectivity index (χ1v) is 8.87. The van der Waals surface area contributed by atoms with Gasteiger partial charge >= 0.3 is 6.09 Å². The van der Waals surface area contributed by atoms with Gasteiger partial charge in [0.25, 0.3) is 0 Å². The van der Waals surface area contributed by atoms with Crippen LogP contribution in [0.2, 0.25) is 0 Å².